The van der Waals surface area contributed by atoms with Crippen molar-refractivity contribution in [3.05, 3.63) is 46.9 Å². The second-order valence-electron chi connectivity index (χ2n) is 8.25. The van der Waals surface area contributed by atoms with Crippen molar-refractivity contribution in [1.82, 2.24) is 0 Å². The standard InChI is InChI=1S/C24H30BrNO5S/c1-4-6-12-24(5-2)15-26(17-10-8-7-9-11-17)19-13-18(25)20(31-3)14-21(19)32(16-24,22(27)28)23(29)30/h7-11,13-14H,4-6,12,15-16H2,1-3H3,(H,27,28)(H,29,30). The van der Waals surface area contributed by atoms with Crippen LogP contribution in [0.3, 0.4) is 0 Å². The van der Waals surface area contributed by atoms with E-state index in [9.17, 15) is 19.8 Å². The largest absolute Gasteiger partial charge is 0.496 e. The van der Waals surface area contributed by atoms with Gasteiger partial charge in [0.2, 0.25) is 0 Å². The van der Waals surface area contributed by atoms with Gasteiger partial charge in [-0.2, -0.15) is 0 Å². The Balaban J connectivity index is 2.41. The minimum atomic E-state index is -3.28. The Kier molecular flexibility index (Phi) is 7.45. The van der Waals surface area contributed by atoms with Crippen LogP contribution in [-0.4, -0.2) is 40.2 Å². The molecule has 0 saturated heterocycles. The molecule has 0 fully saturated rings. The number of unbranched alkanes of at least 4 members (excludes halogenated alkanes) is 1. The van der Waals surface area contributed by atoms with E-state index in [1.165, 1.54) is 7.11 Å². The Morgan fingerprint density at radius 2 is 1.81 bits per heavy atom. The fourth-order valence-electron chi connectivity index (χ4n) is 4.49. The van der Waals surface area contributed by atoms with Gasteiger partial charge in [-0.25, -0.2) is 9.59 Å². The molecular formula is C24H30BrNO5S. The highest BCUT2D eigenvalue weighted by Crippen LogP contribution is 2.67. The normalized spacial score (nSPS) is 20.7. The van der Waals surface area contributed by atoms with Gasteiger partial charge in [-0.05, 0) is 68.5 Å². The molecule has 1 aliphatic heterocycles. The van der Waals surface area contributed by atoms with Crippen molar-refractivity contribution in [1.29, 1.82) is 0 Å². The monoisotopic (exact) mass is 523 g/mol. The summed E-state index contributed by atoms with van der Waals surface area (Å²) in [7, 11) is -1.78. The number of hydrogen-bond donors (Lipinski definition) is 2. The zero-order valence-electron chi connectivity index (χ0n) is 18.6. The Labute approximate surface area is 199 Å². The first-order valence-corrected chi connectivity index (χ1v) is 13.3. The van der Waals surface area contributed by atoms with Crippen LogP contribution in [0.1, 0.15) is 39.5 Å². The predicted octanol–water partition coefficient (Wildman–Crippen LogP) is 7.72. The number of hydrogen-bond acceptors (Lipinski definition) is 4. The second kappa shape index (κ2) is 9.75. The number of carboxylic acid groups (broad SMARTS) is 2. The highest BCUT2D eigenvalue weighted by molar-refractivity contribution is 9.10. The van der Waals surface area contributed by atoms with E-state index < -0.39 is 26.0 Å². The predicted molar refractivity (Wildman–Crippen MR) is 133 cm³/mol. The van der Waals surface area contributed by atoms with Gasteiger partial charge in [0.05, 0.1) is 17.3 Å². The van der Waals surface area contributed by atoms with Crippen LogP contribution in [0.5, 0.6) is 5.75 Å². The van der Waals surface area contributed by atoms with Crippen molar-refractivity contribution in [2.45, 2.75) is 44.4 Å². The summed E-state index contributed by atoms with van der Waals surface area (Å²) in [6, 6.07) is 13.2. The maximum Gasteiger partial charge on any atom is 0.361 e. The molecule has 1 aliphatic rings. The quantitative estimate of drug-likeness (QED) is 0.402. The third-order valence-electron chi connectivity index (χ3n) is 6.39. The molecule has 174 valence electrons. The maximum absolute atomic E-state index is 12.8. The number of fused-ring (bicyclic) bond motifs is 1. The number of carbonyl (C=O) groups is 2. The van der Waals surface area contributed by atoms with Crippen molar-refractivity contribution >= 4 is 47.9 Å². The Morgan fingerprint density at radius 1 is 1.16 bits per heavy atom. The van der Waals surface area contributed by atoms with Crippen LogP contribution in [0, 0.1) is 5.41 Å². The first kappa shape index (κ1) is 24.5. The van der Waals surface area contributed by atoms with Gasteiger partial charge in [-0.3, -0.25) is 0 Å². The minimum Gasteiger partial charge on any atom is -0.496 e. The molecular weight excluding hydrogens is 494 g/mol. The number of benzene rings is 2. The molecule has 2 N–H and O–H groups in total. The summed E-state index contributed by atoms with van der Waals surface area (Å²) in [5.41, 5.74) is 1.05. The zero-order chi connectivity index (χ0) is 23.5. The van der Waals surface area contributed by atoms with Crippen LogP contribution in [-0.2, 0) is 0 Å². The number of para-hydroxylation sites is 1. The molecule has 0 saturated carbocycles. The van der Waals surface area contributed by atoms with Crippen molar-refractivity contribution in [3.8, 4) is 5.75 Å². The van der Waals surface area contributed by atoms with E-state index in [1.54, 1.807) is 12.1 Å². The highest BCUT2D eigenvalue weighted by atomic mass is 79.9. The van der Waals surface area contributed by atoms with Crippen LogP contribution in [0.15, 0.2) is 51.8 Å². The fraction of sp³-hybridized carbons (Fsp3) is 0.417. The fourth-order valence-corrected chi connectivity index (χ4v) is 8.11. The summed E-state index contributed by atoms with van der Waals surface area (Å²) in [5, 5.41) is 18.4. The third-order valence-corrected chi connectivity index (χ3v) is 10.3. The van der Waals surface area contributed by atoms with Gasteiger partial charge < -0.3 is 19.8 Å². The summed E-state index contributed by atoms with van der Waals surface area (Å²) in [5.74, 6) is 0.524. The van der Waals surface area contributed by atoms with E-state index in [0.717, 1.165) is 24.9 Å². The number of rotatable bonds is 6. The molecule has 8 heteroatoms. The molecule has 1 heterocycles. The van der Waals surface area contributed by atoms with Crippen molar-refractivity contribution in [2.75, 3.05) is 24.3 Å². The van der Waals surface area contributed by atoms with Crippen LogP contribution in [0.2, 0.25) is 0 Å². The summed E-state index contributed by atoms with van der Waals surface area (Å²) < 4.78 is 6.10. The van der Waals surface area contributed by atoms with Gasteiger partial charge in [0.1, 0.15) is 5.75 Å². The van der Waals surface area contributed by atoms with Crippen molar-refractivity contribution in [3.63, 3.8) is 0 Å². The van der Waals surface area contributed by atoms with Crippen molar-refractivity contribution in [2.24, 2.45) is 5.41 Å². The number of ether oxygens (including phenoxy) is 1. The molecule has 2 aromatic carbocycles. The summed E-state index contributed by atoms with van der Waals surface area (Å²) >= 11 is 3.52. The van der Waals surface area contributed by atoms with Crippen LogP contribution < -0.4 is 9.64 Å². The average molecular weight is 524 g/mol. The molecule has 6 nitrogen and oxygen atoms in total. The molecule has 3 rings (SSSR count). The molecule has 32 heavy (non-hydrogen) atoms. The van der Waals surface area contributed by atoms with Gasteiger partial charge >= 0.3 is 10.6 Å². The Hall–Kier alpha value is -2.19. The molecule has 0 aromatic heterocycles. The Bertz CT molecular complexity index is 985. The zero-order valence-corrected chi connectivity index (χ0v) is 21.0. The summed E-state index contributed by atoms with van der Waals surface area (Å²) in [4.78, 5) is 28.1. The van der Waals surface area contributed by atoms with Crippen LogP contribution in [0.25, 0.3) is 0 Å². The van der Waals surface area contributed by atoms with Crippen LogP contribution in [0.4, 0.5) is 21.0 Å². The lowest BCUT2D eigenvalue weighted by atomic mass is 9.81. The molecule has 0 amide bonds. The minimum absolute atomic E-state index is 0.0995. The molecule has 0 bridgehead atoms. The van der Waals surface area contributed by atoms with Gasteiger partial charge in [-0.15, -0.1) is 0 Å². The lowest BCUT2D eigenvalue weighted by Gasteiger charge is -2.40. The first-order valence-electron chi connectivity index (χ1n) is 10.7. The summed E-state index contributed by atoms with van der Waals surface area (Å²) in [6.07, 6.45) is 3.33. The van der Waals surface area contributed by atoms with E-state index in [2.05, 4.69) is 27.8 Å². The van der Waals surface area contributed by atoms with Gasteiger partial charge in [0, 0.05) is 22.9 Å². The molecule has 2 aromatic rings. The van der Waals surface area contributed by atoms with Gasteiger partial charge in [0.25, 0.3) is 0 Å². The lowest BCUT2D eigenvalue weighted by molar-refractivity contribution is 0.213. The van der Waals surface area contributed by atoms with E-state index in [-0.39, 0.29) is 5.75 Å². The highest BCUT2D eigenvalue weighted by Gasteiger charge is 2.53. The van der Waals surface area contributed by atoms with Gasteiger partial charge in [-0.1, -0.05) is 44.9 Å². The maximum atomic E-state index is 12.8. The topological polar surface area (TPSA) is 87.1 Å². The number of nitrogens with zero attached hydrogens (tertiary/aromatic N) is 1. The average Bonchev–Trinajstić information content (AvgIpc) is 2.91. The third kappa shape index (κ3) is 4.22. The van der Waals surface area contributed by atoms with E-state index in [1.807, 2.05) is 37.3 Å². The van der Waals surface area contributed by atoms with Gasteiger partial charge in [0.15, 0.2) is 0 Å². The van der Waals surface area contributed by atoms with E-state index >= 15 is 0 Å². The number of methoxy groups -OCH3 is 1. The smallest absolute Gasteiger partial charge is 0.361 e. The molecule has 1 unspecified atom stereocenters. The van der Waals surface area contributed by atoms with Crippen LogP contribution >= 0.6 is 26.0 Å². The van der Waals surface area contributed by atoms with E-state index in [0.29, 0.717) is 33.8 Å². The molecule has 0 spiro atoms. The second-order valence-corrected chi connectivity index (χ2v) is 12.0. The molecule has 0 radical (unpaired) electrons. The first-order chi connectivity index (χ1) is 15.2. The van der Waals surface area contributed by atoms with Crippen molar-refractivity contribution < 1.29 is 24.5 Å². The summed E-state index contributed by atoms with van der Waals surface area (Å²) in [6.45, 7) is 4.69. The Morgan fingerprint density at radius 3 is 2.34 bits per heavy atom. The van der Waals surface area contributed by atoms with E-state index in [4.69, 9.17) is 4.74 Å². The number of anilines is 2. The number of halogens is 1. The molecule has 1 atom stereocenters. The SMILES string of the molecule is CCCCC1(CC)CN(c2ccccc2)c2cc(Br)c(OC)cc2S(C(=O)O)(C(=O)O)C1. The lowest BCUT2D eigenvalue weighted by Crippen LogP contribution is -2.39. The molecule has 0 aliphatic carbocycles.